The van der Waals surface area contributed by atoms with Gasteiger partial charge in [-0.15, -0.1) is 0 Å². The van der Waals surface area contributed by atoms with Gasteiger partial charge >= 0.3 is 0 Å². The van der Waals surface area contributed by atoms with E-state index in [9.17, 15) is 0 Å². The van der Waals surface area contributed by atoms with Crippen molar-refractivity contribution in [3.63, 3.8) is 0 Å². The highest BCUT2D eigenvalue weighted by Crippen LogP contribution is 2.43. The van der Waals surface area contributed by atoms with Crippen molar-refractivity contribution in [2.24, 2.45) is 0 Å². The predicted octanol–water partition coefficient (Wildman–Crippen LogP) is 4.34. The predicted molar refractivity (Wildman–Crippen MR) is 80.8 cm³/mol. The van der Waals surface area contributed by atoms with Gasteiger partial charge in [-0.1, -0.05) is 29.8 Å². The molecule has 3 heteroatoms. The monoisotopic (exact) mass is 285 g/mol. The molecule has 1 aromatic heterocycles. The maximum Gasteiger partial charge on any atom is 0.138 e. The van der Waals surface area contributed by atoms with Crippen LogP contribution >= 0.6 is 11.6 Å². The molecule has 1 unspecified atom stereocenters. The number of pyridine rings is 1. The van der Waals surface area contributed by atoms with E-state index in [0.717, 1.165) is 16.1 Å². The van der Waals surface area contributed by atoms with Crippen LogP contribution in [0.1, 0.15) is 25.0 Å². The number of benzene rings is 1. The molecule has 102 valence electrons. The first-order valence-electron chi connectivity index (χ1n) is 6.59. The van der Waals surface area contributed by atoms with E-state index in [0.29, 0.717) is 0 Å². The fraction of sp³-hybridized carbons (Fsp3) is 0.235. The van der Waals surface area contributed by atoms with Crippen molar-refractivity contribution in [2.45, 2.75) is 25.0 Å². The minimum Gasteiger partial charge on any atom is -0.352 e. The first kappa shape index (κ1) is 13.3. The first-order chi connectivity index (χ1) is 9.52. The molecule has 1 atom stereocenters. The summed E-state index contributed by atoms with van der Waals surface area (Å²) in [5, 5.41) is 0.722. The molecule has 0 bridgehead atoms. The minimum absolute atomic E-state index is 0.303. The number of rotatable bonds is 2. The lowest BCUT2D eigenvalue weighted by Gasteiger charge is -2.33. The van der Waals surface area contributed by atoms with E-state index in [4.69, 9.17) is 16.3 Å². The SMILES string of the molecule is CC1(C)C=CC(c2ccncc2)(c2ccc(Cl)cc2)O1. The van der Waals surface area contributed by atoms with Crippen molar-refractivity contribution in [1.29, 1.82) is 0 Å². The Kier molecular flexibility index (Phi) is 3.15. The van der Waals surface area contributed by atoms with Gasteiger partial charge in [-0.3, -0.25) is 4.98 Å². The van der Waals surface area contributed by atoms with Gasteiger partial charge in [-0.2, -0.15) is 0 Å². The maximum absolute atomic E-state index is 6.37. The van der Waals surface area contributed by atoms with E-state index in [1.807, 2.05) is 36.4 Å². The van der Waals surface area contributed by atoms with Gasteiger partial charge in [-0.25, -0.2) is 0 Å². The molecular weight excluding hydrogens is 270 g/mol. The van der Waals surface area contributed by atoms with E-state index in [1.54, 1.807) is 12.4 Å². The lowest BCUT2D eigenvalue weighted by molar-refractivity contribution is -0.0499. The van der Waals surface area contributed by atoms with Crippen LogP contribution in [0.15, 0.2) is 60.9 Å². The Labute approximate surface area is 124 Å². The van der Waals surface area contributed by atoms with Gasteiger partial charge in [-0.05, 0) is 55.3 Å². The highest BCUT2D eigenvalue weighted by molar-refractivity contribution is 6.30. The number of aromatic nitrogens is 1. The summed E-state index contributed by atoms with van der Waals surface area (Å²) >= 11 is 6.00. The first-order valence-corrected chi connectivity index (χ1v) is 6.97. The maximum atomic E-state index is 6.37. The van der Waals surface area contributed by atoms with E-state index in [1.165, 1.54) is 0 Å². The molecule has 0 saturated heterocycles. The van der Waals surface area contributed by atoms with Crippen LogP contribution < -0.4 is 0 Å². The molecule has 0 amide bonds. The summed E-state index contributed by atoms with van der Waals surface area (Å²) in [4.78, 5) is 4.09. The second-order valence-corrected chi connectivity index (χ2v) is 5.95. The third kappa shape index (κ3) is 2.26. The topological polar surface area (TPSA) is 22.1 Å². The van der Waals surface area contributed by atoms with E-state index in [-0.39, 0.29) is 5.60 Å². The summed E-state index contributed by atoms with van der Waals surface area (Å²) in [6.07, 6.45) is 7.79. The molecule has 1 aliphatic rings. The van der Waals surface area contributed by atoms with Gasteiger partial charge in [0.05, 0.1) is 5.60 Å². The molecule has 3 rings (SSSR count). The van der Waals surface area contributed by atoms with Crippen molar-refractivity contribution in [3.8, 4) is 0 Å². The molecule has 0 aliphatic carbocycles. The zero-order valence-corrected chi connectivity index (χ0v) is 12.3. The van der Waals surface area contributed by atoms with Crippen molar-refractivity contribution in [3.05, 3.63) is 77.1 Å². The molecule has 1 aromatic carbocycles. The van der Waals surface area contributed by atoms with Crippen LogP contribution in [-0.2, 0) is 10.3 Å². The number of halogens is 1. The zero-order valence-electron chi connectivity index (χ0n) is 11.5. The highest BCUT2D eigenvalue weighted by atomic mass is 35.5. The lowest BCUT2D eigenvalue weighted by Crippen LogP contribution is -2.32. The standard InChI is InChI=1S/C17H16ClNO/c1-16(2)9-10-17(20-16,14-7-11-19-12-8-14)13-3-5-15(18)6-4-13/h3-12H,1-2H3. The summed E-state index contributed by atoms with van der Waals surface area (Å²) < 4.78 is 6.37. The van der Waals surface area contributed by atoms with Crippen LogP contribution in [0.4, 0.5) is 0 Å². The Morgan fingerprint density at radius 3 is 2.05 bits per heavy atom. The van der Waals surface area contributed by atoms with Gasteiger partial charge in [0.15, 0.2) is 0 Å². The molecule has 0 saturated carbocycles. The van der Waals surface area contributed by atoms with Crippen molar-refractivity contribution >= 4 is 11.6 Å². The molecule has 0 radical (unpaired) electrons. The van der Waals surface area contributed by atoms with Crippen molar-refractivity contribution < 1.29 is 4.74 Å². The average molecular weight is 286 g/mol. The number of hydrogen-bond donors (Lipinski definition) is 0. The Bertz CT molecular complexity index is 634. The van der Waals surface area contributed by atoms with Gasteiger partial charge < -0.3 is 4.74 Å². The molecule has 2 aromatic rings. The van der Waals surface area contributed by atoms with Gasteiger partial charge in [0.1, 0.15) is 5.60 Å². The van der Waals surface area contributed by atoms with Crippen LogP contribution in [0.3, 0.4) is 0 Å². The summed E-state index contributed by atoms with van der Waals surface area (Å²) in [6, 6.07) is 11.8. The van der Waals surface area contributed by atoms with Crippen LogP contribution in [-0.4, -0.2) is 10.6 Å². The van der Waals surface area contributed by atoms with Gasteiger partial charge in [0.2, 0.25) is 0 Å². The molecule has 0 fully saturated rings. The van der Waals surface area contributed by atoms with Gasteiger partial charge in [0.25, 0.3) is 0 Å². The molecular formula is C17H16ClNO. The summed E-state index contributed by atoms with van der Waals surface area (Å²) in [5.74, 6) is 0. The minimum atomic E-state index is -0.572. The normalized spacial score (nSPS) is 23.9. The van der Waals surface area contributed by atoms with Gasteiger partial charge in [0, 0.05) is 17.4 Å². The van der Waals surface area contributed by atoms with Crippen molar-refractivity contribution in [1.82, 2.24) is 4.98 Å². The summed E-state index contributed by atoms with van der Waals surface area (Å²) in [7, 11) is 0. The Morgan fingerprint density at radius 2 is 1.50 bits per heavy atom. The second-order valence-electron chi connectivity index (χ2n) is 5.52. The number of nitrogens with zero attached hydrogens (tertiary/aromatic N) is 1. The largest absolute Gasteiger partial charge is 0.352 e. The molecule has 20 heavy (non-hydrogen) atoms. The zero-order chi connectivity index (χ0) is 14.2. The lowest BCUT2D eigenvalue weighted by atomic mass is 9.87. The second kappa shape index (κ2) is 4.72. The Hall–Kier alpha value is -1.64. The molecule has 0 N–H and O–H groups in total. The number of ether oxygens (including phenoxy) is 1. The number of hydrogen-bond acceptors (Lipinski definition) is 2. The molecule has 1 aliphatic heterocycles. The van der Waals surface area contributed by atoms with Crippen LogP contribution in [0.25, 0.3) is 0 Å². The Balaban J connectivity index is 2.15. The van der Waals surface area contributed by atoms with Crippen LogP contribution in [0.5, 0.6) is 0 Å². The average Bonchev–Trinajstić information content (AvgIpc) is 2.78. The molecule has 2 nitrogen and oxygen atoms in total. The quantitative estimate of drug-likeness (QED) is 0.766. The van der Waals surface area contributed by atoms with E-state index in [2.05, 4.69) is 31.0 Å². The van der Waals surface area contributed by atoms with Crippen LogP contribution in [0.2, 0.25) is 5.02 Å². The fourth-order valence-electron chi connectivity index (χ4n) is 2.57. The van der Waals surface area contributed by atoms with E-state index < -0.39 is 5.60 Å². The summed E-state index contributed by atoms with van der Waals surface area (Å²) in [5.41, 5.74) is 1.26. The Morgan fingerprint density at radius 1 is 0.900 bits per heavy atom. The molecule has 0 spiro atoms. The smallest absolute Gasteiger partial charge is 0.138 e. The molecule has 2 heterocycles. The third-order valence-corrected chi connectivity index (χ3v) is 3.78. The van der Waals surface area contributed by atoms with Crippen molar-refractivity contribution in [2.75, 3.05) is 0 Å². The van der Waals surface area contributed by atoms with Crippen LogP contribution in [0, 0.1) is 0 Å². The third-order valence-electron chi connectivity index (χ3n) is 3.53. The summed E-state index contributed by atoms with van der Waals surface area (Å²) in [6.45, 7) is 4.12. The van der Waals surface area contributed by atoms with E-state index >= 15 is 0 Å². The fourth-order valence-corrected chi connectivity index (χ4v) is 2.70. The highest BCUT2D eigenvalue weighted by Gasteiger charge is 2.42.